The van der Waals surface area contributed by atoms with Gasteiger partial charge in [0.05, 0.1) is 44.1 Å². The maximum absolute atomic E-state index is 13.7. The van der Waals surface area contributed by atoms with Gasteiger partial charge in [-0.1, -0.05) is 88.3 Å². The molecule has 14 heteroatoms. The summed E-state index contributed by atoms with van der Waals surface area (Å²) in [6.45, 7) is -0.0433. The molecule has 0 aliphatic carbocycles. The van der Waals surface area contributed by atoms with E-state index in [1.54, 1.807) is 42.6 Å². The molecule has 3 aromatic rings. The Morgan fingerprint density at radius 2 is 1.62 bits per heavy atom. The van der Waals surface area contributed by atoms with Crippen LogP contribution < -0.4 is 20.6 Å². The molecular formula is C28H22Cl5N5O3S. The minimum absolute atomic E-state index is 0.0416. The second-order valence-corrected chi connectivity index (χ2v) is 13.4. The van der Waals surface area contributed by atoms with E-state index in [2.05, 4.69) is 15.6 Å². The molecule has 0 spiro atoms. The maximum Gasteiger partial charge on any atom is 0.242 e. The van der Waals surface area contributed by atoms with Crippen LogP contribution in [0.2, 0.25) is 25.1 Å². The molecule has 42 heavy (non-hydrogen) atoms. The van der Waals surface area contributed by atoms with Crippen molar-refractivity contribution in [3.63, 3.8) is 0 Å². The van der Waals surface area contributed by atoms with E-state index >= 15 is 0 Å². The van der Waals surface area contributed by atoms with E-state index in [0.29, 0.717) is 36.5 Å². The van der Waals surface area contributed by atoms with Crippen molar-refractivity contribution in [2.45, 2.75) is 18.0 Å². The van der Waals surface area contributed by atoms with Gasteiger partial charge in [0.25, 0.3) is 0 Å². The third kappa shape index (κ3) is 5.50. The molecular weight excluding hydrogens is 664 g/mol. The van der Waals surface area contributed by atoms with Crippen molar-refractivity contribution in [1.82, 2.24) is 20.7 Å². The van der Waals surface area contributed by atoms with Gasteiger partial charge in [0.1, 0.15) is 10.6 Å². The number of rotatable bonds is 7. The van der Waals surface area contributed by atoms with Gasteiger partial charge < -0.3 is 5.01 Å². The van der Waals surface area contributed by atoms with E-state index in [9.17, 15) is 8.42 Å². The van der Waals surface area contributed by atoms with Crippen LogP contribution in [0.4, 0.5) is 5.69 Å². The number of fused-ring (bicyclic) bond motifs is 1. The molecule has 0 radical (unpaired) electrons. The minimum atomic E-state index is -4.02. The predicted octanol–water partition coefficient (Wildman–Crippen LogP) is 7.10. The molecule has 3 aliphatic heterocycles. The first kappa shape index (κ1) is 29.6. The third-order valence-electron chi connectivity index (χ3n) is 7.22. The van der Waals surface area contributed by atoms with Crippen molar-refractivity contribution in [3.05, 3.63) is 132 Å². The lowest BCUT2D eigenvalue weighted by atomic mass is 9.83. The second-order valence-electron chi connectivity index (χ2n) is 9.63. The molecule has 0 aromatic heterocycles. The highest BCUT2D eigenvalue weighted by molar-refractivity contribution is 7.93. The van der Waals surface area contributed by atoms with Gasteiger partial charge in [0, 0.05) is 23.7 Å². The highest BCUT2D eigenvalue weighted by Gasteiger charge is 2.46. The normalized spacial score (nSPS) is 21.7. The predicted molar refractivity (Wildman–Crippen MR) is 168 cm³/mol. The van der Waals surface area contributed by atoms with Gasteiger partial charge in [-0.25, -0.2) is 29.1 Å². The third-order valence-corrected chi connectivity index (χ3v) is 10.6. The maximum atomic E-state index is 13.7. The van der Waals surface area contributed by atoms with Gasteiger partial charge in [0.2, 0.25) is 10.0 Å². The van der Waals surface area contributed by atoms with E-state index in [0.717, 1.165) is 11.1 Å². The smallest absolute Gasteiger partial charge is 0.242 e. The van der Waals surface area contributed by atoms with Crippen molar-refractivity contribution in [2.24, 2.45) is 0 Å². The zero-order valence-electron chi connectivity index (χ0n) is 21.4. The fourth-order valence-electron chi connectivity index (χ4n) is 5.31. The summed E-state index contributed by atoms with van der Waals surface area (Å²) in [5.74, 6) is -0.414. The second kappa shape index (κ2) is 11.9. The van der Waals surface area contributed by atoms with Gasteiger partial charge in [-0.15, -0.1) is 0 Å². The molecule has 218 valence electrons. The van der Waals surface area contributed by atoms with Crippen LogP contribution in [0.25, 0.3) is 0 Å². The van der Waals surface area contributed by atoms with Crippen molar-refractivity contribution >= 4 is 73.7 Å². The van der Waals surface area contributed by atoms with Gasteiger partial charge in [-0.05, 0) is 53.6 Å². The number of hydroxylamine groups is 3. The average molecular weight is 686 g/mol. The van der Waals surface area contributed by atoms with E-state index in [1.165, 1.54) is 17.3 Å². The number of hydrogen-bond donors (Lipinski definition) is 3. The Labute approximate surface area is 268 Å². The molecule has 3 unspecified atom stereocenters. The molecule has 3 aliphatic rings. The minimum Gasteiger partial charge on any atom is -0.301 e. The standard InChI is InChI=1S/C28H22Cl5N5O3S/c29-17-11-9-16(10-12-17)28-25(18-4-1-5-19(30)26(18)32)23(38(36-28)21-7-2-6-20(31)27(21)33)15-35-42(39,40)24-8-3-13-37-22(24)14-34-41-37/h1-14,23,25,28,34-36H,15H2. The molecule has 3 heterocycles. The Bertz CT molecular complexity index is 1730. The van der Waals surface area contributed by atoms with E-state index < -0.39 is 22.0 Å². The average Bonchev–Trinajstić information content (AvgIpc) is 3.60. The molecule has 6 rings (SSSR count). The Morgan fingerprint density at radius 1 is 0.905 bits per heavy atom. The Balaban J connectivity index is 1.45. The molecule has 3 N–H and O–H groups in total. The molecule has 1 fully saturated rings. The number of sulfonamides is 1. The van der Waals surface area contributed by atoms with Crippen LogP contribution in [-0.4, -0.2) is 26.1 Å². The van der Waals surface area contributed by atoms with Crippen molar-refractivity contribution in [1.29, 1.82) is 0 Å². The first-order valence-corrected chi connectivity index (χ1v) is 16.0. The summed E-state index contributed by atoms with van der Waals surface area (Å²) in [5.41, 5.74) is 8.64. The molecule has 1 saturated heterocycles. The van der Waals surface area contributed by atoms with Gasteiger partial charge in [-0.2, -0.15) is 4.94 Å². The van der Waals surface area contributed by atoms with Crippen LogP contribution in [0, 0.1) is 0 Å². The zero-order valence-corrected chi connectivity index (χ0v) is 26.0. The molecule has 8 nitrogen and oxygen atoms in total. The fraction of sp³-hybridized carbons (Fsp3) is 0.143. The van der Waals surface area contributed by atoms with Crippen LogP contribution in [0.5, 0.6) is 0 Å². The number of allylic oxidation sites excluding steroid dienone is 2. The molecule has 0 amide bonds. The number of hydrogen-bond acceptors (Lipinski definition) is 7. The monoisotopic (exact) mass is 683 g/mol. The van der Waals surface area contributed by atoms with Crippen LogP contribution >= 0.6 is 58.0 Å². The van der Waals surface area contributed by atoms with Crippen LogP contribution in [0.1, 0.15) is 23.1 Å². The summed E-state index contributed by atoms with van der Waals surface area (Å²) in [6.07, 6.45) is 6.15. The topological polar surface area (TPSA) is 85.9 Å². The largest absolute Gasteiger partial charge is 0.301 e. The number of nitrogens with one attached hydrogen (secondary N) is 3. The number of benzene rings is 3. The number of nitrogens with zero attached hydrogens (tertiary/aromatic N) is 2. The van der Waals surface area contributed by atoms with E-state index in [1.807, 2.05) is 35.3 Å². The summed E-state index contributed by atoms with van der Waals surface area (Å²) >= 11 is 32.6. The highest BCUT2D eigenvalue weighted by Crippen LogP contribution is 2.48. The van der Waals surface area contributed by atoms with E-state index in [-0.39, 0.29) is 17.5 Å². The zero-order chi connectivity index (χ0) is 29.6. The summed E-state index contributed by atoms with van der Waals surface area (Å²) in [7, 11) is -4.02. The van der Waals surface area contributed by atoms with Crippen LogP contribution in [0.15, 0.2) is 95.8 Å². The number of hydrazine groups is 1. The molecule has 0 bridgehead atoms. The van der Waals surface area contributed by atoms with Gasteiger partial charge >= 0.3 is 0 Å². The van der Waals surface area contributed by atoms with E-state index in [4.69, 9.17) is 62.9 Å². The van der Waals surface area contributed by atoms with Crippen LogP contribution in [-0.2, 0) is 15.0 Å². The lowest BCUT2D eigenvalue weighted by Crippen LogP contribution is -2.46. The quantitative estimate of drug-likeness (QED) is 0.245. The van der Waals surface area contributed by atoms with Crippen molar-refractivity contribution in [2.75, 3.05) is 11.6 Å². The summed E-state index contributed by atoms with van der Waals surface area (Å²) in [5, 5.41) is 5.14. The summed E-state index contributed by atoms with van der Waals surface area (Å²) in [4.78, 5) is 5.26. The Morgan fingerprint density at radius 3 is 2.38 bits per heavy atom. The SMILES string of the molecule is O=S(=O)(NCC1C(c2cccc(Cl)c2Cl)C(c2ccc(Cl)cc2)NN1c1cccc(Cl)c1Cl)C1=CC=CN2ONC=C12. The first-order chi connectivity index (χ1) is 20.2. The molecule has 3 atom stereocenters. The van der Waals surface area contributed by atoms with Gasteiger partial charge in [0.15, 0.2) is 0 Å². The molecule has 3 aromatic carbocycles. The van der Waals surface area contributed by atoms with Crippen molar-refractivity contribution in [3.8, 4) is 0 Å². The fourth-order valence-corrected chi connectivity index (χ4v) is 7.48. The molecule has 0 saturated carbocycles. The highest BCUT2D eigenvalue weighted by atomic mass is 35.5. The Kier molecular flexibility index (Phi) is 8.41. The summed E-state index contributed by atoms with van der Waals surface area (Å²) in [6, 6.07) is 17.1. The number of halogens is 5. The van der Waals surface area contributed by atoms with Crippen LogP contribution in [0.3, 0.4) is 0 Å². The van der Waals surface area contributed by atoms with Crippen molar-refractivity contribution < 1.29 is 13.4 Å². The lowest BCUT2D eigenvalue weighted by molar-refractivity contribution is -0.112. The number of anilines is 1. The lowest BCUT2D eigenvalue weighted by Gasteiger charge is -2.31. The first-order valence-electron chi connectivity index (χ1n) is 12.6. The summed E-state index contributed by atoms with van der Waals surface area (Å²) < 4.78 is 30.2. The Hall–Kier alpha value is -2.44. The van der Waals surface area contributed by atoms with Gasteiger partial charge in [-0.3, -0.25) is 0 Å².